The number of benzene rings is 2. The number of aliphatic hydroxyl groups excluding tert-OH is 1. The summed E-state index contributed by atoms with van der Waals surface area (Å²) in [5.74, 6) is -0.374. The van der Waals surface area contributed by atoms with Crippen LogP contribution in [-0.4, -0.2) is 41.8 Å². The largest absolute Gasteiger partial charge is 0.445 e. The van der Waals surface area contributed by atoms with Crippen molar-refractivity contribution in [2.45, 2.75) is 13.5 Å². The summed E-state index contributed by atoms with van der Waals surface area (Å²) in [6.07, 6.45) is 1.38. The maximum atomic E-state index is 11.2. The van der Waals surface area contributed by atoms with Crippen LogP contribution in [-0.2, 0) is 16.1 Å². The molecule has 1 aromatic heterocycles. The lowest BCUT2D eigenvalue weighted by Crippen LogP contribution is -2.38. The summed E-state index contributed by atoms with van der Waals surface area (Å²) in [6.45, 7) is 2.13. The summed E-state index contributed by atoms with van der Waals surface area (Å²) in [5.41, 5.74) is 3.41. The molecule has 0 atom stereocenters. The van der Waals surface area contributed by atoms with E-state index in [1.807, 2.05) is 42.6 Å². The summed E-state index contributed by atoms with van der Waals surface area (Å²) < 4.78 is 4.90. The zero-order valence-electron chi connectivity index (χ0n) is 15.8. The van der Waals surface area contributed by atoms with Crippen LogP contribution in [0.4, 0.5) is 4.79 Å². The minimum Gasteiger partial charge on any atom is -0.445 e. The number of aliphatic hydroxyl groups is 1. The van der Waals surface area contributed by atoms with Crippen molar-refractivity contribution in [1.29, 1.82) is 0 Å². The number of para-hydroxylation sites is 1. The monoisotopic (exact) mass is 383 g/mol. The van der Waals surface area contributed by atoms with Gasteiger partial charge in [0.2, 0.25) is 5.91 Å². The van der Waals surface area contributed by atoms with E-state index >= 15 is 0 Å². The Balaban J connectivity index is 0.000000233. The predicted molar refractivity (Wildman–Crippen MR) is 108 cm³/mol. The number of aromatic amines is 1. The Kier molecular flexibility index (Phi) is 8.55. The molecule has 148 valence electrons. The van der Waals surface area contributed by atoms with Crippen molar-refractivity contribution in [1.82, 2.24) is 15.6 Å². The maximum absolute atomic E-state index is 11.2. The van der Waals surface area contributed by atoms with Gasteiger partial charge in [-0.1, -0.05) is 48.5 Å². The summed E-state index contributed by atoms with van der Waals surface area (Å²) in [5, 5.41) is 14.5. The highest BCUT2D eigenvalue weighted by molar-refractivity contribution is 5.82. The second-order valence-electron chi connectivity index (χ2n) is 6.01. The van der Waals surface area contributed by atoms with Crippen molar-refractivity contribution in [3.8, 4) is 0 Å². The van der Waals surface area contributed by atoms with Gasteiger partial charge in [0, 0.05) is 23.6 Å². The third kappa shape index (κ3) is 7.13. The first kappa shape index (κ1) is 21.0. The molecule has 0 spiro atoms. The number of H-pyrrole nitrogens is 1. The fourth-order valence-electron chi connectivity index (χ4n) is 2.40. The third-order valence-corrected chi connectivity index (χ3v) is 3.84. The molecule has 0 bridgehead atoms. The molecule has 2 aromatic carbocycles. The Morgan fingerprint density at radius 3 is 2.46 bits per heavy atom. The van der Waals surface area contributed by atoms with Crippen molar-refractivity contribution in [2.75, 3.05) is 19.7 Å². The number of carbonyl (C=O) groups is 2. The summed E-state index contributed by atoms with van der Waals surface area (Å²) >= 11 is 0. The fraction of sp³-hybridized carbons (Fsp3) is 0.238. The minimum absolute atomic E-state index is 0.135. The number of carbonyl (C=O) groups excluding carboxylic acids is 2. The number of alkyl carbamates (subject to hydrolysis) is 1. The fourth-order valence-corrected chi connectivity index (χ4v) is 2.40. The number of rotatable bonds is 6. The van der Waals surface area contributed by atoms with Crippen molar-refractivity contribution < 1.29 is 19.4 Å². The summed E-state index contributed by atoms with van der Waals surface area (Å²) in [6, 6.07) is 17.5. The molecule has 7 heteroatoms. The highest BCUT2D eigenvalue weighted by Crippen LogP contribution is 2.15. The molecule has 0 fully saturated rings. The maximum Gasteiger partial charge on any atom is 0.407 e. The zero-order valence-corrected chi connectivity index (χ0v) is 15.8. The van der Waals surface area contributed by atoms with E-state index in [2.05, 4.69) is 40.7 Å². The van der Waals surface area contributed by atoms with E-state index in [4.69, 9.17) is 9.84 Å². The number of amides is 2. The van der Waals surface area contributed by atoms with Crippen molar-refractivity contribution in [3.63, 3.8) is 0 Å². The van der Waals surface area contributed by atoms with E-state index in [-0.39, 0.29) is 32.2 Å². The highest BCUT2D eigenvalue weighted by Gasteiger charge is 2.05. The first-order valence-corrected chi connectivity index (χ1v) is 8.95. The van der Waals surface area contributed by atoms with Crippen LogP contribution in [0, 0.1) is 6.92 Å². The Bertz CT molecular complexity index is 878. The third-order valence-electron chi connectivity index (χ3n) is 3.84. The summed E-state index contributed by atoms with van der Waals surface area (Å²) in [4.78, 5) is 25.5. The van der Waals surface area contributed by atoms with Crippen LogP contribution in [0.3, 0.4) is 0 Å². The van der Waals surface area contributed by atoms with Gasteiger partial charge in [0.25, 0.3) is 0 Å². The molecule has 3 rings (SSSR count). The van der Waals surface area contributed by atoms with Gasteiger partial charge in [-0.2, -0.15) is 0 Å². The molecule has 0 aliphatic rings. The molecule has 0 radical (unpaired) electrons. The van der Waals surface area contributed by atoms with Crippen LogP contribution in [0.2, 0.25) is 0 Å². The van der Waals surface area contributed by atoms with E-state index in [1.54, 1.807) is 0 Å². The van der Waals surface area contributed by atoms with Crippen molar-refractivity contribution in [3.05, 3.63) is 71.9 Å². The van der Waals surface area contributed by atoms with E-state index in [9.17, 15) is 9.59 Å². The standard InChI is InChI=1S/C12H16N2O4.C9H9N/c15-7-6-13-11(16)8-14-12(17)18-9-10-4-2-1-3-5-10;1-7-6-10-9-5-3-2-4-8(7)9/h1-5,15H,6-9H2,(H,13,16)(H,14,17);2-6,10H,1H3. The molecule has 3 aromatic rings. The highest BCUT2D eigenvalue weighted by atomic mass is 16.5. The second-order valence-corrected chi connectivity index (χ2v) is 6.01. The van der Waals surface area contributed by atoms with Crippen molar-refractivity contribution in [2.24, 2.45) is 0 Å². The van der Waals surface area contributed by atoms with E-state index in [0.717, 1.165) is 5.56 Å². The number of aryl methyl sites for hydroxylation is 1. The number of ether oxygens (including phenoxy) is 1. The van der Waals surface area contributed by atoms with Gasteiger partial charge in [0.05, 0.1) is 13.2 Å². The topological polar surface area (TPSA) is 103 Å². The quantitative estimate of drug-likeness (QED) is 0.525. The summed E-state index contributed by atoms with van der Waals surface area (Å²) in [7, 11) is 0. The molecular weight excluding hydrogens is 358 g/mol. The smallest absolute Gasteiger partial charge is 0.407 e. The molecule has 2 amide bonds. The zero-order chi connectivity index (χ0) is 20.2. The molecule has 0 saturated carbocycles. The van der Waals surface area contributed by atoms with Crippen LogP contribution in [0.5, 0.6) is 0 Å². The van der Waals surface area contributed by atoms with Gasteiger partial charge in [-0.15, -0.1) is 0 Å². The number of hydrogen-bond donors (Lipinski definition) is 4. The lowest BCUT2D eigenvalue weighted by Gasteiger charge is -2.07. The van der Waals surface area contributed by atoms with Gasteiger partial charge < -0.3 is 25.5 Å². The second kappa shape index (κ2) is 11.4. The van der Waals surface area contributed by atoms with Crippen LogP contribution < -0.4 is 10.6 Å². The average molecular weight is 383 g/mol. The Morgan fingerprint density at radius 2 is 1.75 bits per heavy atom. The van der Waals surface area contributed by atoms with Crippen LogP contribution >= 0.6 is 0 Å². The average Bonchev–Trinajstić information content (AvgIpc) is 3.11. The normalized spacial score (nSPS) is 9.93. The number of fused-ring (bicyclic) bond motifs is 1. The van der Waals surface area contributed by atoms with Crippen LogP contribution in [0.15, 0.2) is 60.8 Å². The van der Waals surface area contributed by atoms with Gasteiger partial charge in [-0.05, 0) is 24.1 Å². The molecule has 28 heavy (non-hydrogen) atoms. The molecule has 0 unspecified atom stereocenters. The SMILES string of the molecule is Cc1c[nH]c2ccccc12.O=C(CNC(=O)OCc1ccccc1)NCCO. The van der Waals surface area contributed by atoms with E-state index in [1.165, 1.54) is 16.5 Å². The Labute approximate surface area is 163 Å². The van der Waals surface area contributed by atoms with Crippen LogP contribution in [0.25, 0.3) is 10.9 Å². The van der Waals surface area contributed by atoms with E-state index < -0.39 is 6.09 Å². The molecule has 4 N–H and O–H groups in total. The lowest BCUT2D eigenvalue weighted by molar-refractivity contribution is -0.120. The van der Waals surface area contributed by atoms with Gasteiger partial charge in [-0.3, -0.25) is 4.79 Å². The van der Waals surface area contributed by atoms with Gasteiger partial charge in [-0.25, -0.2) is 4.79 Å². The van der Waals surface area contributed by atoms with Crippen molar-refractivity contribution >= 4 is 22.9 Å². The van der Waals surface area contributed by atoms with Crippen LogP contribution in [0.1, 0.15) is 11.1 Å². The molecule has 0 saturated heterocycles. The minimum atomic E-state index is -0.655. The Hall–Kier alpha value is -3.32. The molecule has 7 nitrogen and oxygen atoms in total. The molecule has 1 heterocycles. The van der Waals surface area contributed by atoms with Gasteiger partial charge >= 0.3 is 6.09 Å². The number of aromatic nitrogens is 1. The van der Waals surface area contributed by atoms with Gasteiger partial charge in [0.1, 0.15) is 6.61 Å². The number of nitrogens with one attached hydrogen (secondary N) is 3. The first-order chi connectivity index (χ1) is 13.6. The first-order valence-electron chi connectivity index (χ1n) is 8.95. The predicted octanol–water partition coefficient (Wildman–Crippen LogP) is 2.50. The molecule has 0 aliphatic heterocycles. The molecular formula is C21H25N3O4. The number of hydrogen-bond acceptors (Lipinski definition) is 4. The van der Waals surface area contributed by atoms with E-state index in [0.29, 0.717) is 0 Å². The van der Waals surface area contributed by atoms with Gasteiger partial charge in [0.15, 0.2) is 0 Å². The Morgan fingerprint density at radius 1 is 1.04 bits per heavy atom. The lowest BCUT2D eigenvalue weighted by atomic mass is 10.2. The molecule has 0 aliphatic carbocycles.